The Morgan fingerprint density at radius 2 is 1.69 bits per heavy atom. The molecule has 2 saturated heterocycles. The molecule has 8 nitrogen and oxygen atoms in total. The number of carbonyl (C=O) groups excluding carboxylic acids is 2. The number of ether oxygens (including phenoxy) is 1. The number of piperazine rings is 1. The van der Waals surface area contributed by atoms with Crippen LogP contribution in [0.5, 0.6) is 0 Å². The summed E-state index contributed by atoms with van der Waals surface area (Å²) in [6.07, 6.45) is 1.72. The second-order valence-electron chi connectivity index (χ2n) is 10.4. The quantitative estimate of drug-likeness (QED) is 0.509. The summed E-state index contributed by atoms with van der Waals surface area (Å²) < 4.78 is 64.7. The van der Waals surface area contributed by atoms with Gasteiger partial charge in [0.15, 0.2) is 0 Å². The first-order valence-corrected chi connectivity index (χ1v) is 14.8. The van der Waals surface area contributed by atoms with Gasteiger partial charge in [-0.15, -0.1) is 0 Å². The highest BCUT2D eigenvalue weighted by atomic mass is 35.5. The first-order chi connectivity index (χ1) is 18.5. The van der Waals surface area contributed by atoms with Crippen LogP contribution in [0, 0.1) is 11.6 Å². The highest BCUT2D eigenvalue weighted by Crippen LogP contribution is 2.52. The molecule has 3 fully saturated rings. The third-order valence-corrected chi connectivity index (χ3v) is 10.1. The second kappa shape index (κ2) is 10.7. The van der Waals surface area contributed by atoms with Gasteiger partial charge in [-0.3, -0.25) is 4.79 Å². The maximum atomic E-state index is 15.0. The van der Waals surface area contributed by atoms with Gasteiger partial charge in [0.25, 0.3) is 0 Å². The van der Waals surface area contributed by atoms with Crippen molar-refractivity contribution in [3.8, 4) is 0 Å². The molecule has 0 radical (unpaired) electrons. The molecule has 0 N–H and O–H groups in total. The lowest BCUT2D eigenvalue weighted by molar-refractivity contribution is -0.130. The summed E-state index contributed by atoms with van der Waals surface area (Å²) in [6.45, 7) is 2.87. The van der Waals surface area contributed by atoms with E-state index in [1.807, 2.05) is 0 Å². The van der Waals surface area contributed by atoms with E-state index < -0.39 is 50.3 Å². The van der Waals surface area contributed by atoms with Crippen LogP contribution in [0.4, 0.5) is 13.6 Å². The van der Waals surface area contributed by atoms with Crippen LogP contribution >= 0.6 is 11.6 Å². The van der Waals surface area contributed by atoms with E-state index in [0.29, 0.717) is 63.8 Å². The number of hydrogen-bond acceptors (Lipinski definition) is 5. The molecule has 2 atom stereocenters. The zero-order valence-electron chi connectivity index (χ0n) is 21.5. The van der Waals surface area contributed by atoms with Gasteiger partial charge in [-0.2, -0.15) is 4.31 Å². The maximum absolute atomic E-state index is 15.0. The van der Waals surface area contributed by atoms with Crippen LogP contribution in [-0.2, 0) is 19.6 Å². The van der Waals surface area contributed by atoms with Crippen LogP contribution in [0.25, 0.3) is 0 Å². The predicted octanol–water partition coefficient (Wildman–Crippen LogP) is 4.74. The van der Waals surface area contributed by atoms with Gasteiger partial charge in [0.2, 0.25) is 15.9 Å². The van der Waals surface area contributed by atoms with Gasteiger partial charge in [-0.05, 0) is 68.0 Å². The lowest BCUT2D eigenvalue weighted by atomic mass is 9.90. The normalized spacial score (nSPS) is 23.4. The van der Waals surface area contributed by atoms with E-state index in [4.69, 9.17) is 16.3 Å². The number of piperidine rings is 1. The monoisotopic (exact) mass is 581 g/mol. The lowest BCUT2D eigenvalue weighted by Gasteiger charge is -2.45. The summed E-state index contributed by atoms with van der Waals surface area (Å²) in [6, 6.07) is 7.54. The van der Waals surface area contributed by atoms with Crippen LogP contribution in [0.15, 0.2) is 47.4 Å². The van der Waals surface area contributed by atoms with Crippen LogP contribution < -0.4 is 0 Å². The Kier molecular flexibility index (Phi) is 7.60. The Balaban J connectivity index is 1.48. The number of rotatable bonds is 5. The Morgan fingerprint density at radius 3 is 2.31 bits per heavy atom. The molecule has 1 saturated carbocycles. The molecule has 2 amide bonds. The van der Waals surface area contributed by atoms with Crippen molar-refractivity contribution in [2.75, 3.05) is 26.2 Å². The molecule has 2 aromatic rings. The minimum atomic E-state index is -4.46. The Bertz CT molecular complexity index is 1380. The van der Waals surface area contributed by atoms with Gasteiger partial charge < -0.3 is 14.5 Å². The van der Waals surface area contributed by atoms with E-state index >= 15 is 4.39 Å². The van der Waals surface area contributed by atoms with Crippen molar-refractivity contribution in [1.82, 2.24) is 14.1 Å². The second-order valence-corrected chi connectivity index (χ2v) is 12.6. The van der Waals surface area contributed by atoms with E-state index in [2.05, 4.69) is 0 Å². The molecule has 0 bridgehead atoms. The van der Waals surface area contributed by atoms with Gasteiger partial charge in [0.05, 0.1) is 12.1 Å². The van der Waals surface area contributed by atoms with Crippen molar-refractivity contribution in [3.63, 3.8) is 0 Å². The summed E-state index contributed by atoms with van der Waals surface area (Å²) in [5.74, 6) is -1.57. The van der Waals surface area contributed by atoms with Crippen molar-refractivity contribution in [3.05, 3.63) is 64.7 Å². The first-order valence-electron chi connectivity index (χ1n) is 13.0. The summed E-state index contributed by atoms with van der Waals surface area (Å²) >= 11 is 5.89. The average Bonchev–Trinajstić information content (AvgIpc) is 3.68. The third kappa shape index (κ3) is 5.49. The number of carbonyl (C=O) groups is 2. The average molecular weight is 582 g/mol. The molecule has 0 aromatic heterocycles. The number of amides is 2. The van der Waals surface area contributed by atoms with Crippen LogP contribution in [0.3, 0.4) is 0 Å². The lowest BCUT2D eigenvalue weighted by Crippen LogP contribution is -2.55. The number of hydrogen-bond donors (Lipinski definition) is 0. The molecule has 12 heteroatoms. The number of sulfonamides is 1. The molecule has 1 aliphatic carbocycles. The standard InChI is InChI=1S/C27H30ClF2N3O5S/c1-18(34)31-12-14-32(15-13-31)26(35)38-27(10-11-27)25-7-3-6-23(19-4-2-5-21(29)16-19)33(25)39(36,37)24-9-8-20(28)17-22(24)30/h2,4-5,8-9,16-17,23,25H,3,6-7,10-15H2,1H3/t23-,25+/m0/s1. The summed E-state index contributed by atoms with van der Waals surface area (Å²) in [7, 11) is -4.46. The van der Waals surface area contributed by atoms with E-state index in [0.717, 1.165) is 12.1 Å². The van der Waals surface area contributed by atoms with Gasteiger partial charge in [-0.25, -0.2) is 22.0 Å². The molecule has 2 aliphatic heterocycles. The zero-order valence-corrected chi connectivity index (χ0v) is 23.1. The molecular formula is C27H30ClF2N3O5S. The third-order valence-electron chi connectivity index (χ3n) is 7.88. The SMILES string of the molecule is CC(=O)N1CCN(C(=O)OC2([C@H]3CCC[C@@H](c4cccc(F)c4)N3S(=O)(=O)c3ccc(Cl)cc3F)CC2)CC1. The zero-order chi connectivity index (χ0) is 27.9. The summed E-state index contributed by atoms with van der Waals surface area (Å²) in [4.78, 5) is 27.5. The van der Waals surface area contributed by atoms with Crippen LogP contribution in [0.2, 0.25) is 5.02 Å². The highest BCUT2D eigenvalue weighted by molar-refractivity contribution is 7.89. The largest absolute Gasteiger partial charge is 0.441 e. The Hall–Kier alpha value is -2.76. The molecular weight excluding hydrogens is 552 g/mol. The van der Waals surface area contributed by atoms with Gasteiger partial charge in [0, 0.05) is 38.1 Å². The molecule has 210 valence electrons. The molecule has 39 heavy (non-hydrogen) atoms. The molecule has 0 unspecified atom stereocenters. The van der Waals surface area contributed by atoms with Crippen molar-refractivity contribution in [2.24, 2.45) is 0 Å². The molecule has 3 aliphatic rings. The van der Waals surface area contributed by atoms with Crippen LogP contribution in [0.1, 0.15) is 50.6 Å². The fourth-order valence-electron chi connectivity index (χ4n) is 5.70. The van der Waals surface area contributed by atoms with Crippen LogP contribution in [-0.4, -0.2) is 72.3 Å². The summed E-state index contributed by atoms with van der Waals surface area (Å²) in [5.41, 5.74) is -0.642. The predicted molar refractivity (Wildman–Crippen MR) is 139 cm³/mol. The number of benzene rings is 2. The van der Waals surface area contributed by atoms with Crippen molar-refractivity contribution >= 4 is 33.6 Å². The van der Waals surface area contributed by atoms with E-state index in [1.54, 1.807) is 11.0 Å². The topological polar surface area (TPSA) is 87.2 Å². The Labute approximate surface area is 231 Å². The van der Waals surface area contributed by atoms with E-state index in [9.17, 15) is 22.4 Å². The first kappa shape index (κ1) is 27.8. The minimum absolute atomic E-state index is 0.0563. The molecule has 0 spiro atoms. The highest BCUT2D eigenvalue weighted by Gasteiger charge is 2.60. The van der Waals surface area contributed by atoms with Crippen molar-refractivity contribution in [1.29, 1.82) is 0 Å². The fourth-order valence-corrected chi connectivity index (χ4v) is 7.83. The van der Waals surface area contributed by atoms with Gasteiger partial charge in [0.1, 0.15) is 22.1 Å². The van der Waals surface area contributed by atoms with Gasteiger partial charge in [-0.1, -0.05) is 23.7 Å². The van der Waals surface area contributed by atoms with Crippen molar-refractivity contribution < 1.29 is 31.5 Å². The summed E-state index contributed by atoms with van der Waals surface area (Å²) in [5, 5.41) is 0.0563. The van der Waals surface area contributed by atoms with E-state index in [1.165, 1.54) is 40.4 Å². The molecule has 5 rings (SSSR count). The van der Waals surface area contributed by atoms with E-state index in [-0.39, 0.29) is 10.9 Å². The number of halogens is 3. The Morgan fingerprint density at radius 1 is 1.00 bits per heavy atom. The smallest absolute Gasteiger partial charge is 0.410 e. The molecule has 2 heterocycles. The fraction of sp³-hybridized carbons (Fsp3) is 0.481. The van der Waals surface area contributed by atoms with Gasteiger partial charge >= 0.3 is 6.09 Å². The van der Waals surface area contributed by atoms with Crippen molar-refractivity contribution in [2.45, 2.75) is 61.6 Å². The number of nitrogens with zero attached hydrogens (tertiary/aromatic N) is 3. The minimum Gasteiger partial charge on any atom is -0.441 e. The maximum Gasteiger partial charge on any atom is 0.410 e. The molecule has 2 aromatic carbocycles.